The van der Waals surface area contributed by atoms with Crippen LogP contribution < -0.4 is 0 Å². The fourth-order valence-electron chi connectivity index (χ4n) is 2.40. The lowest BCUT2D eigenvalue weighted by molar-refractivity contribution is 0.0780. The fourth-order valence-corrected chi connectivity index (χ4v) is 2.40. The summed E-state index contributed by atoms with van der Waals surface area (Å²) in [6, 6.07) is 4.28. The molecule has 2 rings (SSSR count). The Bertz CT molecular complexity index is 435. The minimum absolute atomic E-state index is 0.166. The summed E-state index contributed by atoms with van der Waals surface area (Å²) in [5.41, 5.74) is 4.72. The Morgan fingerprint density at radius 1 is 1.31 bits per heavy atom. The zero-order valence-corrected chi connectivity index (χ0v) is 10.5. The van der Waals surface area contributed by atoms with Crippen LogP contribution in [0.2, 0.25) is 0 Å². The van der Waals surface area contributed by atoms with Crippen LogP contribution in [0.25, 0.3) is 0 Å². The third-order valence-corrected chi connectivity index (χ3v) is 3.41. The molecule has 0 spiro atoms. The van der Waals surface area contributed by atoms with Crippen molar-refractivity contribution in [1.29, 1.82) is 0 Å². The average Bonchev–Trinajstić information content (AvgIpc) is 2.23. The van der Waals surface area contributed by atoms with Gasteiger partial charge in [-0.3, -0.25) is 4.79 Å². The van der Waals surface area contributed by atoms with Gasteiger partial charge in [0, 0.05) is 19.2 Å². The van der Waals surface area contributed by atoms with Crippen LogP contribution in [-0.4, -0.2) is 24.4 Å². The van der Waals surface area contributed by atoms with Crippen molar-refractivity contribution in [2.24, 2.45) is 0 Å². The van der Waals surface area contributed by atoms with E-state index in [1.54, 1.807) is 4.90 Å². The van der Waals surface area contributed by atoms with Crippen LogP contribution in [0.5, 0.6) is 0 Å². The van der Waals surface area contributed by atoms with E-state index < -0.39 is 0 Å². The number of nitrogens with zero attached hydrogens (tertiary/aromatic N) is 1. The van der Waals surface area contributed by atoms with Crippen molar-refractivity contribution in [3.8, 4) is 0 Å². The summed E-state index contributed by atoms with van der Waals surface area (Å²) in [5.74, 6) is 0.694. The van der Waals surface area contributed by atoms with Crippen molar-refractivity contribution in [2.75, 3.05) is 13.6 Å². The lowest BCUT2D eigenvalue weighted by atomic mass is 9.89. The number of likely N-dealkylation sites (N-methyl/N-ethyl adjacent to an activating group) is 1. The van der Waals surface area contributed by atoms with Crippen molar-refractivity contribution in [3.63, 3.8) is 0 Å². The number of hydrogen-bond acceptors (Lipinski definition) is 1. The second-order valence-electron chi connectivity index (χ2n) is 5.00. The van der Waals surface area contributed by atoms with E-state index in [0.29, 0.717) is 5.92 Å². The van der Waals surface area contributed by atoms with Crippen molar-refractivity contribution in [1.82, 2.24) is 4.90 Å². The van der Waals surface area contributed by atoms with Gasteiger partial charge in [-0.05, 0) is 42.0 Å². The monoisotopic (exact) mass is 217 g/mol. The molecule has 0 fully saturated rings. The van der Waals surface area contributed by atoms with E-state index in [-0.39, 0.29) is 5.91 Å². The zero-order chi connectivity index (χ0) is 11.9. The molecule has 2 nitrogen and oxygen atoms in total. The van der Waals surface area contributed by atoms with Crippen LogP contribution >= 0.6 is 0 Å². The van der Waals surface area contributed by atoms with Crippen LogP contribution in [0.1, 0.15) is 46.8 Å². The van der Waals surface area contributed by atoms with E-state index in [4.69, 9.17) is 0 Å². The quantitative estimate of drug-likeness (QED) is 0.708. The Morgan fingerprint density at radius 3 is 2.62 bits per heavy atom. The maximum absolute atomic E-state index is 12.0. The van der Waals surface area contributed by atoms with Gasteiger partial charge in [-0.15, -0.1) is 0 Å². The minimum Gasteiger partial charge on any atom is -0.341 e. The molecule has 0 aromatic heterocycles. The number of carbonyl (C=O) groups excluding carboxylic acids is 1. The molecular weight excluding hydrogens is 198 g/mol. The molecule has 0 saturated carbocycles. The van der Waals surface area contributed by atoms with Gasteiger partial charge in [0.15, 0.2) is 0 Å². The topological polar surface area (TPSA) is 20.3 Å². The number of fused-ring (bicyclic) bond motifs is 1. The van der Waals surface area contributed by atoms with E-state index in [9.17, 15) is 4.79 Å². The normalized spacial score (nSPS) is 15.6. The molecule has 0 bridgehead atoms. The van der Waals surface area contributed by atoms with Gasteiger partial charge in [0.25, 0.3) is 5.91 Å². The molecule has 0 atom stereocenters. The van der Waals surface area contributed by atoms with Crippen LogP contribution in [0.4, 0.5) is 0 Å². The molecule has 0 aliphatic carbocycles. The Hall–Kier alpha value is -1.31. The summed E-state index contributed by atoms with van der Waals surface area (Å²) >= 11 is 0. The summed E-state index contributed by atoms with van der Waals surface area (Å²) in [6.45, 7) is 7.33. The molecule has 0 radical (unpaired) electrons. The number of amides is 1. The third kappa shape index (κ3) is 1.73. The van der Waals surface area contributed by atoms with Crippen molar-refractivity contribution in [2.45, 2.75) is 33.1 Å². The van der Waals surface area contributed by atoms with Gasteiger partial charge in [0.2, 0.25) is 0 Å². The Kier molecular flexibility index (Phi) is 2.75. The predicted octanol–water partition coefficient (Wildman–Crippen LogP) is 2.75. The number of carbonyl (C=O) groups is 1. The third-order valence-electron chi connectivity index (χ3n) is 3.41. The first kappa shape index (κ1) is 11.2. The number of aryl methyl sites for hydroxylation is 1. The fraction of sp³-hybridized carbons (Fsp3) is 0.500. The summed E-state index contributed by atoms with van der Waals surface area (Å²) in [6.07, 6.45) is 0.984. The molecule has 1 aromatic rings. The maximum Gasteiger partial charge on any atom is 0.253 e. The maximum atomic E-state index is 12.0. The molecule has 1 aromatic carbocycles. The van der Waals surface area contributed by atoms with Crippen molar-refractivity contribution >= 4 is 5.91 Å². The molecular formula is C14H19NO. The van der Waals surface area contributed by atoms with Crippen LogP contribution in [-0.2, 0) is 6.42 Å². The largest absolute Gasteiger partial charge is 0.341 e. The van der Waals surface area contributed by atoms with E-state index >= 15 is 0 Å². The molecule has 86 valence electrons. The first-order valence-corrected chi connectivity index (χ1v) is 5.89. The summed E-state index contributed by atoms with van der Waals surface area (Å²) in [7, 11) is 1.87. The van der Waals surface area contributed by atoms with Gasteiger partial charge in [-0.25, -0.2) is 0 Å². The highest BCUT2D eigenvalue weighted by Gasteiger charge is 2.22. The molecule has 1 aliphatic heterocycles. The van der Waals surface area contributed by atoms with Gasteiger partial charge < -0.3 is 4.90 Å². The molecule has 2 heteroatoms. The lowest BCUT2D eigenvalue weighted by Crippen LogP contribution is -2.34. The molecule has 0 N–H and O–H groups in total. The Labute approximate surface area is 97.3 Å². The molecule has 1 amide bonds. The number of benzene rings is 1. The molecule has 0 unspecified atom stereocenters. The van der Waals surface area contributed by atoms with Gasteiger partial charge in [-0.2, -0.15) is 0 Å². The highest BCUT2D eigenvalue weighted by atomic mass is 16.2. The molecule has 16 heavy (non-hydrogen) atoms. The smallest absolute Gasteiger partial charge is 0.253 e. The molecule has 1 aliphatic rings. The second kappa shape index (κ2) is 3.93. The molecule has 0 saturated heterocycles. The predicted molar refractivity (Wildman–Crippen MR) is 65.9 cm³/mol. The zero-order valence-electron chi connectivity index (χ0n) is 10.5. The van der Waals surface area contributed by atoms with Crippen molar-refractivity contribution < 1.29 is 4.79 Å². The first-order chi connectivity index (χ1) is 7.50. The summed E-state index contributed by atoms with van der Waals surface area (Å²) < 4.78 is 0. The van der Waals surface area contributed by atoms with E-state index in [0.717, 1.165) is 18.5 Å². The van der Waals surface area contributed by atoms with E-state index in [1.807, 2.05) is 7.05 Å². The number of rotatable bonds is 1. The Balaban J connectivity index is 2.52. The van der Waals surface area contributed by atoms with Crippen LogP contribution in [0, 0.1) is 6.92 Å². The second-order valence-corrected chi connectivity index (χ2v) is 5.00. The standard InChI is InChI=1S/C14H19NO/c1-9(2)12-8-11-5-6-15(4)14(16)13(11)7-10(12)3/h7-9H,5-6H2,1-4H3. The minimum atomic E-state index is 0.166. The van der Waals surface area contributed by atoms with Gasteiger partial charge in [0.1, 0.15) is 0 Å². The summed E-state index contributed by atoms with van der Waals surface area (Å²) in [4.78, 5) is 13.8. The number of hydrogen-bond donors (Lipinski definition) is 0. The van der Waals surface area contributed by atoms with Crippen LogP contribution in [0.3, 0.4) is 0 Å². The summed E-state index contributed by atoms with van der Waals surface area (Å²) in [5, 5.41) is 0. The highest BCUT2D eigenvalue weighted by Crippen LogP contribution is 2.26. The van der Waals surface area contributed by atoms with Gasteiger partial charge >= 0.3 is 0 Å². The van der Waals surface area contributed by atoms with E-state index in [1.165, 1.54) is 16.7 Å². The highest BCUT2D eigenvalue weighted by molar-refractivity contribution is 5.96. The average molecular weight is 217 g/mol. The van der Waals surface area contributed by atoms with Crippen molar-refractivity contribution in [3.05, 3.63) is 34.4 Å². The van der Waals surface area contributed by atoms with Gasteiger partial charge in [0.05, 0.1) is 0 Å². The molecule has 1 heterocycles. The Morgan fingerprint density at radius 2 is 2.00 bits per heavy atom. The SMILES string of the molecule is Cc1cc2c(cc1C(C)C)CCN(C)C2=O. The van der Waals surface area contributed by atoms with Crippen LogP contribution in [0.15, 0.2) is 12.1 Å². The lowest BCUT2D eigenvalue weighted by Gasteiger charge is -2.26. The van der Waals surface area contributed by atoms with Gasteiger partial charge in [-0.1, -0.05) is 19.9 Å². The van der Waals surface area contributed by atoms with E-state index in [2.05, 4.69) is 32.9 Å². The first-order valence-electron chi connectivity index (χ1n) is 5.89.